The van der Waals surface area contributed by atoms with E-state index in [1.165, 1.54) is 11.6 Å². The molecular formula is C18H15NO2. The van der Waals surface area contributed by atoms with Gasteiger partial charge in [0.1, 0.15) is 0 Å². The molecule has 0 aliphatic heterocycles. The standard InChI is InChI=1S/C18H15NO2/c1-12-14-10-6-7-11-15(14)17(20)19(2)18(21)16(12)13-8-4-3-5-9-13/h3-11H,1-2H3. The van der Waals surface area contributed by atoms with Crippen molar-refractivity contribution in [1.29, 1.82) is 0 Å². The number of aryl methyl sites for hydroxylation is 1. The fraction of sp³-hybridized carbons (Fsp3) is 0.111. The van der Waals surface area contributed by atoms with E-state index in [0.29, 0.717) is 10.9 Å². The van der Waals surface area contributed by atoms with Crippen LogP contribution in [0.3, 0.4) is 0 Å². The highest BCUT2D eigenvalue weighted by atomic mass is 16.2. The molecule has 1 aromatic heterocycles. The first-order valence-electron chi connectivity index (χ1n) is 6.79. The fourth-order valence-electron chi connectivity index (χ4n) is 2.68. The Morgan fingerprint density at radius 1 is 0.762 bits per heavy atom. The van der Waals surface area contributed by atoms with E-state index in [9.17, 15) is 9.59 Å². The molecule has 1 heterocycles. The Morgan fingerprint density at radius 2 is 1.33 bits per heavy atom. The summed E-state index contributed by atoms with van der Waals surface area (Å²) in [6.07, 6.45) is 0. The third kappa shape index (κ3) is 2.07. The smallest absolute Gasteiger partial charge is 0.261 e. The number of rotatable bonds is 1. The second kappa shape index (κ2) is 5.02. The Bertz CT molecular complexity index is 941. The molecule has 2 aromatic carbocycles. The van der Waals surface area contributed by atoms with E-state index < -0.39 is 0 Å². The van der Waals surface area contributed by atoms with E-state index in [4.69, 9.17) is 0 Å². The summed E-state index contributed by atoms with van der Waals surface area (Å²) in [6.45, 7) is 1.89. The molecule has 0 atom stereocenters. The van der Waals surface area contributed by atoms with Gasteiger partial charge in [-0.1, -0.05) is 48.5 Å². The molecule has 0 amide bonds. The molecule has 0 saturated heterocycles. The summed E-state index contributed by atoms with van der Waals surface area (Å²) in [5, 5.41) is 1.39. The molecule has 0 radical (unpaired) electrons. The zero-order valence-corrected chi connectivity index (χ0v) is 12.0. The van der Waals surface area contributed by atoms with Crippen molar-refractivity contribution in [2.45, 2.75) is 6.92 Å². The van der Waals surface area contributed by atoms with Gasteiger partial charge < -0.3 is 0 Å². The van der Waals surface area contributed by atoms with Crippen LogP contribution in [0, 0.1) is 6.92 Å². The van der Waals surface area contributed by atoms with Crippen LogP contribution in [0.15, 0.2) is 64.2 Å². The van der Waals surface area contributed by atoms with Crippen molar-refractivity contribution in [2.75, 3.05) is 0 Å². The lowest BCUT2D eigenvalue weighted by Gasteiger charge is -2.03. The normalized spacial score (nSPS) is 10.8. The Hall–Kier alpha value is -2.68. The Labute approximate surface area is 122 Å². The maximum absolute atomic E-state index is 12.7. The molecule has 3 heteroatoms. The third-order valence-electron chi connectivity index (χ3n) is 3.82. The van der Waals surface area contributed by atoms with E-state index in [1.54, 1.807) is 6.07 Å². The summed E-state index contributed by atoms with van der Waals surface area (Å²) in [5.74, 6) is 0. The first-order chi connectivity index (χ1) is 10.1. The van der Waals surface area contributed by atoms with Gasteiger partial charge in [0.2, 0.25) is 0 Å². The van der Waals surface area contributed by atoms with Crippen molar-refractivity contribution < 1.29 is 0 Å². The maximum Gasteiger partial charge on any atom is 0.261 e. The van der Waals surface area contributed by atoms with Gasteiger partial charge in [-0.2, -0.15) is 0 Å². The van der Waals surface area contributed by atoms with E-state index >= 15 is 0 Å². The zero-order valence-electron chi connectivity index (χ0n) is 12.0. The summed E-state index contributed by atoms with van der Waals surface area (Å²) in [5.41, 5.74) is 1.72. The molecule has 21 heavy (non-hydrogen) atoms. The van der Waals surface area contributed by atoms with Crippen LogP contribution in [0.2, 0.25) is 0 Å². The lowest BCUT2D eigenvalue weighted by Crippen LogP contribution is -2.27. The lowest BCUT2D eigenvalue weighted by molar-refractivity contribution is 0.839. The monoisotopic (exact) mass is 277 g/mol. The second-order valence-corrected chi connectivity index (χ2v) is 5.08. The number of aromatic nitrogens is 1. The van der Waals surface area contributed by atoms with Crippen molar-refractivity contribution in [3.63, 3.8) is 0 Å². The summed E-state index contributed by atoms with van der Waals surface area (Å²) in [4.78, 5) is 25.1. The van der Waals surface area contributed by atoms with Crippen molar-refractivity contribution >= 4 is 10.8 Å². The highest BCUT2D eigenvalue weighted by Crippen LogP contribution is 2.23. The molecular weight excluding hydrogens is 262 g/mol. The van der Waals surface area contributed by atoms with Crippen LogP contribution in [0.4, 0.5) is 0 Å². The van der Waals surface area contributed by atoms with Crippen LogP contribution in [-0.4, -0.2) is 4.57 Å². The molecule has 0 fully saturated rings. The van der Waals surface area contributed by atoms with E-state index in [2.05, 4.69) is 0 Å². The number of nitrogens with zero attached hydrogens (tertiary/aromatic N) is 1. The minimum absolute atomic E-state index is 0.263. The molecule has 0 saturated carbocycles. The predicted octanol–water partition coefficient (Wildman–Crippen LogP) is 2.87. The van der Waals surface area contributed by atoms with Gasteiger partial charge in [0, 0.05) is 12.4 Å². The minimum Gasteiger partial charge on any atom is -0.277 e. The summed E-state index contributed by atoms with van der Waals surface area (Å²) < 4.78 is 1.19. The maximum atomic E-state index is 12.7. The summed E-state index contributed by atoms with van der Waals surface area (Å²) >= 11 is 0. The highest BCUT2D eigenvalue weighted by Gasteiger charge is 2.13. The average Bonchev–Trinajstić information content (AvgIpc) is 2.60. The largest absolute Gasteiger partial charge is 0.277 e. The van der Waals surface area contributed by atoms with Gasteiger partial charge in [0.25, 0.3) is 11.1 Å². The Morgan fingerprint density at radius 3 is 2.00 bits per heavy atom. The molecule has 3 rings (SSSR count). The molecule has 0 aliphatic rings. The molecule has 3 nitrogen and oxygen atoms in total. The van der Waals surface area contributed by atoms with Crippen molar-refractivity contribution in [2.24, 2.45) is 7.05 Å². The minimum atomic E-state index is -0.264. The van der Waals surface area contributed by atoms with E-state index in [1.807, 2.05) is 55.5 Å². The van der Waals surface area contributed by atoms with Crippen LogP contribution in [0.5, 0.6) is 0 Å². The highest BCUT2D eigenvalue weighted by molar-refractivity contribution is 5.88. The quantitative estimate of drug-likeness (QED) is 0.686. The van der Waals surface area contributed by atoms with Gasteiger partial charge in [-0.3, -0.25) is 14.2 Å². The summed E-state index contributed by atoms with van der Waals surface area (Å²) in [6, 6.07) is 16.8. The van der Waals surface area contributed by atoms with Crippen molar-refractivity contribution in [3.8, 4) is 11.1 Å². The summed E-state index contributed by atoms with van der Waals surface area (Å²) in [7, 11) is 1.53. The molecule has 104 valence electrons. The molecule has 3 aromatic rings. The molecule has 0 aliphatic carbocycles. The van der Waals surface area contributed by atoms with Gasteiger partial charge >= 0.3 is 0 Å². The fourth-order valence-corrected chi connectivity index (χ4v) is 2.68. The van der Waals surface area contributed by atoms with Crippen LogP contribution >= 0.6 is 0 Å². The second-order valence-electron chi connectivity index (χ2n) is 5.08. The van der Waals surface area contributed by atoms with Gasteiger partial charge in [-0.05, 0) is 29.5 Å². The molecule has 0 bridgehead atoms. The SMILES string of the molecule is Cc1c(-c2ccccc2)c(=O)n(C)c(=O)c2ccccc12. The van der Waals surface area contributed by atoms with E-state index in [-0.39, 0.29) is 11.1 Å². The zero-order chi connectivity index (χ0) is 15.0. The molecule has 0 unspecified atom stereocenters. The average molecular weight is 277 g/mol. The van der Waals surface area contributed by atoms with Crippen molar-refractivity contribution in [1.82, 2.24) is 4.57 Å². The Kier molecular flexibility index (Phi) is 3.18. The van der Waals surface area contributed by atoms with Crippen LogP contribution < -0.4 is 11.1 Å². The topological polar surface area (TPSA) is 39.1 Å². The van der Waals surface area contributed by atoms with Crippen LogP contribution in [0.25, 0.3) is 21.9 Å². The lowest BCUT2D eigenvalue weighted by atomic mass is 10.00. The van der Waals surface area contributed by atoms with Gasteiger partial charge in [-0.25, -0.2) is 0 Å². The molecule has 0 N–H and O–H groups in total. The number of hydrogen-bond donors (Lipinski definition) is 0. The Balaban J connectivity index is 2.62. The van der Waals surface area contributed by atoms with Crippen molar-refractivity contribution in [3.05, 3.63) is 80.9 Å². The number of hydrogen-bond acceptors (Lipinski definition) is 2. The number of fused-ring (bicyclic) bond motifs is 1. The predicted molar refractivity (Wildman–Crippen MR) is 85.6 cm³/mol. The molecule has 0 spiro atoms. The van der Waals surface area contributed by atoms with Gasteiger partial charge in [0.05, 0.1) is 5.56 Å². The van der Waals surface area contributed by atoms with Gasteiger partial charge in [0.15, 0.2) is 0 Å². The van der Waals surface area contributed by atoms with E-state index in [0.717, 1.165) is 16.5 Å². The third-order valence-corrected chi connectivity index (χ3v) is 3.82. The first kappa shape index (κ1) is 13.3. The van der Waals surface area contributed by atoms with Crippen LogP contribution in [0.1, 0.15) is 5.56 Å². The number of benzene rings is 2. The van der Waals surface area contributed by atoms with Crippen LogP contribution in [-0.2, 0) is 7.05 Å². The first-order valence-corrected chi connectivity index (χ1v) is 6.79. The van der Waals surface area contributed by atoms with Gasteiger partial charge in [-0.15, -0.1) is 0 Å².